The van der Waals surface area contributed by atoms with E-state index in [0.29, 0.717) is 0 Å². The van der Waals surface area contributed by atoms with Crippen LogP contribution in [0.25, 0.3) is 0 Å². The van der Waals surface area contributed by atoms with E-state index in [-0.39, 0.29) is 0 Å². The van der Waals surface area contributed by atoms with Gasteiger partial charge in [-0.25, -0.2) is 0 Å². The molecule has 0 saturated heterocycles. The fourth-order valence-corrected chi connectivity index (χ4v) is 2.24. The Morgan fingerprint density at radius 1 is 1.35 bits per heavy atom. The third-order valence-electron chi connectivity index (χ3n) is 2.40. The van der Waals surface area contributed by atoms with Crippen molar-refractivity contribution in [3.8, 4) is 0 Å². The summed E-state index contributed by atoms with van der Waals surface area (Å²) in [6.45, 7) is 1.77. The summed E-state index contributed by atoms with van der Waals surface area (Å²) in [5.74, 6) is 0.807. The standard InChI is InChI=1S/C12H15N3OS/c1-9(16)10-3-5-12(6-4-10)17-8-11-7-15(2)14-13-11/h3-7,9,16H,8H2,1-2H3. The van der Waals surface area contributed by atoms with E-state index in [1.807, 2.05) is 37.5 Å². The number of benzene rings is 1. The SMILES string of the molecule is CC(O)c1ccc(SCc2cn(C)nn2)cc1. The molecule has 0 aliphatic rings. The van der Waals surface area contributed by atoms with E-state index in [1.165, 1.54) is 4.90 Å². The summed E-state index contributed by atoms with van der Waals surface area (Å²) >= 11 is 1.71. The molecule has 0 amide bonds. The Balaban J connectivity index is 1.95. The van der Waals surface area contributed by atoms with E-state index in [1.54, 1.807) is 23.4 Å². The van der Waals surface area contributed by atoms with Gasteiger partial charge >= 0.3 is 0 Å². The Hall–Kier alpha value is -1.33. The zero-order chi connectivity index (χ0) is 12.3. The first kappa shape index (κ1) is 12.1. The van der Waals surface area contributed by atoms with E-state index in [0.717, 1.165) is 17.0 Å². The molecule has 90 valence electrons. The van der Waals surface area contributed by atoms with Crippen LogP contribution in [0.3, 0.4) is 0 Å². The molecule has 0 fully saturated rings. The Morgan fingerprint density at radius 2 is 2.06 bits per heavy atom. The molecule has 1 aromatic carbocycles. The molecule has 2 aromatic rings. The third-order valence-corrected chi connectivity index (χ3v) is 3.44. The lowest BCUT2D eigenvalue weighted by molar-refractivity contribution is 0.199. The molecule has 0 aliphatic heterocycles. The summed E-state index contributed by atoms with van der Waals surface area (Å²) in [6, 6.07) is 7.93. The highest BCUT2D eigenvalue weighted by molar-refractivity contribution is 7.98. The van der Waals surface area contributed by atoms with E-state index in [2.05, 4.69) is 10.3 Å². The highest BCUT2D eigenvalue weighted by Gasteiger charge is 2.02. The average Bonchev–Trinajstić information content (AvgIpc) is 2.73. The van der Waals surface area contributed by atoms with Crippen molar-refractivity contribution in [2.45, 2.75) is 23.7 Å². The number of aliphatic hydroxyl groups is 1. The van der Waals surface area contributed by atoms with Crippen LogP contribution in [0.2, 0.25) is 0 Å². The highest BCUT2D eigenvalue weighted by atomic mass is 32.2. The minimum Gasteiger partial charge on any atom is -0.389 e. The molecule has 1 aromatic heterocycles. The normalized spacial score (nSPS) is 12.6. The van der Waals surface area contributed by atoms with Gasteiger partial charge in [-0.05, 0) is 24.6 Å². The number of aryl methyl sites for hydroxylation is 1. The first-order valence-corrected chi connectivity index (χ1v) is 6.40. The van der Waals surface area contributed by atoms with Crippen molar-refractivity contribution in [3.63, 3.8) is 0 Å². The number of thioether (sulfide) groups is 1. The van der Waals surface area contributed by atoms with Crippen LogP contribution < -0.4 is 0 Å². The number of aromatic nitrogens is 3. The van der Waals surface area contributed by atoms with Crippen molar-refractivity contribution < 1.29 is 5.11 Å². The van der Waals surface area contributed by atoms with E-state index >= 15 is 0 Å². The van der Waals surface area contributed by atoms with Gasteiger partial charge in [-0.2, -0.15) is 0 Å². The second kappa shape index (κ2) is 5.33. The quantitative estimate of drug-likeness (QED) is 0.844. The lowest BCUT2D eigenvalue weighted by Gasteiger charge is -2.05. The van der Waals surface area contributed by atoms with Crippen LogP contribution in [-0.2, 0) is 12.8 Å². The van der Waals surface area contributed by atoms with Crippen LogP contribution in [0.5, 0.6) is 0 Å². The zero-order valence-corrected chi connectivity index (χ0v) is 10.7. The number of nitrogens with zero attached hydrogens (tertiary/aromatic N) is 3. The minimum absolute atomic E-state index is 0.408. The lowest BCUT2D eigenvalue weighted by atomic mass is 10.1. The van der Waals surface area contributed by atoms with Crippen molar-refractivity contribution >= 4 is 11.8 Å². The van der Waals surface area contributed by atoms with Gasteiger partial charge < -0.3 is 5.11 Å². The maximum Gasteiger partial charge on any atom is 0.0929 e. The molecule has 1 unspecified atom stereocenters. The van der Waals surface area contributed by atoms with Crippen molar-refractivity contribution in [2.24, 2.45) is 7.05 Å². The topological polar surface area (TPSA) is 50.9 Å². The third kappa shape index (κ3) is 3.31. The van der Waals surface area contributed by atoms with Gasteiger partial charge in [-0.1, -0.05) is 17.3 Å². The van der Waals surface area contributed by atoms with Crippen LogP contribution in [0.1, 0.15) is 24.3 Å². The summed E-state index contributed by atoms with van der Waals surface area (Å²) in [5.41, 5.74) is 1.91. The number of rotatable bonds is 4. The summed E-state index contributed by atoms with van der Waals surface area (Å²) in [7, 11) is 1.86. The van der Waals surface area contributed by atoms with Gasteiger partial charge in [0.1, 0.15) is 0 Å². The molecule has 17 heavy (non-hydrogen) atoms. The minimum atomic E-state index is -0.408. The predicted octanol–water partition coefficient (Wildman–Crippen LogP) is 2.16. The van der Waals surface area contributed by atoms with Crippen molar-refractivity contribution in [1.82, 2.24) is 15.0 Å². The molecule has 1 atom stereocenters. The average molecular weight is 249 g/mol. The van der Waals surface area contributed by atoms with E-state index in [9.17, 15) is 5.11 Å². The highest BCUT2D eigenvalue weighted by Crippen LogP contribution is 2.23. The molecule has 0 aliphatic carbocycles. The lowest BCUT2D eigenvalue weighted by Crippen LogP contribution is -1.89. The molecule has 0 bridgehead atoms. The Morgan fingerprint density at radius 3 is 2.59 bits per heavy atom. The second-order valence-electron chi connectivity index (χ2n) is 3.92. The predicted molar refractivity (Wildman–Crippen MR) is 67.6 cm³/mol. The molecular weight excluding hydrogens is 234 g/mol. The van der Waals surface area contributed by atoms with Crippen molar-refractivity contribution in [3.05, 3.63) is 41.7 Å². The molecule has 1 heterocycles. The molecule has 4 nitrogen and oxygen atoms in total. The Kier molecular flexibility index (Phi) is 3.81. The fourth-order valence-electron chi connectivity index (χ4n) is 1.46. The van der Waals surface area contributed by atoms with Gasteiger partial charge in [0.15, 0.2) is 0 Å². The van der Waals surface area contributed by atoms with Crippen LogP contribution in [-0.4, -0.2) is 20.1 Å². The van der Waals surface area contributed by atoms with E-state index < -0.39 is 6.10 Å². The van der Waals surface area contributed by atoms with Crippen molar-refractivity contribution in [1.29, 1.82) is 0 Å². The maximum atomic E-state index is 9.40. The number of hydrogen-bond donors (Lipinski definition) is 1. The molecule has 0 radical (unpaired) electrons. The smallest absolute Gasteiger partial charge is 0.0929 e. The summed E-state index contributed by atoms with van der Waals surface area (Å²) < 4.78 is 1.70. The maximum absolute atomic E-state index is 9.40. The Labute approximate surface area is 105 Å². The molecule has 5 heteroatoms. The Bertz CT molecular complexity index is 479. The molecule has 0 saturated carbocycles. The summed E-state index contributed by atoms with van der Waals surface area (Å²) in [5, 5.41) is 17.3. The second-order valence-corrected chi connectivity index (χ2v) is 4.97. The summed E-state index contributed by atoms with van der Waals surface area (Å²) in [4.78, 5) is 1.17. The monoisotopic (exact) mass is 249 g/mol. The molecule has 0 spiro atoms. The fraction of sp³-hybridized carbons (Fsp3) is 0.333. The zero-order valence-electron chi connectivity index (χ0n) is 9.87. The van der Waals surface area contributed by atoms with Crippen LogP contribution in [0, 0.1) is 0 Å². The first-order valence-electron chi connectivity index (χ1n) is 5.41. The van der Waals surface area contributed by atoms with Crippen LogP contribution >= 0.6 is 11.8 Å². The van der Waals surface area contributed by atoms with Crippen LogP contribution in [0.4, 0.5) is 0 Å². The van der Waals surface area contributed by atoms with Crippen molar-refractivity contribution in [2.75, 3.05) is 0 Å². The first-order chi connectivity index (χ1) is 8.15. The van der Waals surface area contributed by atoms with Gasteiger partial charge in [-0.15, -0.1) is 16.9 Å². The molecular formula is C12H15N3OS. The van der Waals surface area contributed by atoms with Gasteiger partial charge in [0, 0.05) is 23.9 Å². The van der Waals surface area contributed by atoms with Gasteiger partial charge in [0.2, 0.25) is 0 Å². The van der Waals surface area contributed by atoms with Crippen LogP contribution in [0.15, 0.2) is 35.4 Å². The van der Waals surface area contributed by atoms with Gasteiger partial charge in [-0.3, -0.25) is 4.68 Å². The largest absolute Gasteiger partial charge is 0.389 e. The molecule has 1 N–H and O–H groups in total. The molecule has 2 rings (SSSR count). The number of hydrogen-bond acceptors (Lipinski definition) is 4. The number of aliphatic hydroxyl groups excluding tert-OH is 1. The van der Waals surface area contributed by atoms with Gasteiger partial charge in [0.05, 0.1) is 11.8 Å². The van der Waals surface area contributed by atoms with Gasteiger partial charge in [0.25, 0.3) is 0 Å². The summed E-state index contributed by atoms with van der Waals surface area (Å²) in [6.07, 6.45) is 1.51. The van der Waals surface area contributed by atoms with E-state index in [4.69, 9.17) is 0 Å².